The molecular formula is C19H20N8O4S. The Labute approximate surface area is 186 Å². The molecule has 1 aliphatic heterocycles. The first-order valence-electron chi connectivity index (χ1n) is 9.72. The van der Waals surface area contributed by atoms with E-state index in [4.69, 9.17) is 10.5 Å². The molecule has 12 nitrogen and oxygen atoms in total. The first kappa shape index (κ1) is 21.2. The van der Waals surface area contributed by atoms with E-state index in [-0.39, 0.29) is 17.9 Å². The molecule has 5 N–H and O–H groups in total. The third-order valence-corrected chi connectivity index (χ3v) is 5.83. The molecule has 4 amide bonds. The molecule has 0 saturated carbocycles. The molecule has 13 heteroatoms. The van der Waals surface area contributed by atoms with Crippen LogP contribution in [0, 0.1) is 0 Å². The molecule has 1 aliphatic rings. The molecular weight excluding hydrogens is 436 g/mol. The van der Waals surface area contributed by atoms with Crippen molar-refractivity contribution in [2.75, 3.05) is 23.7 Å². The zero-order chi connectivity index (χ0) is 22.5. The second kappa shape index (κ2) is 9.43. The summed E-state index contributed by atoms with van der Waals surface area (Å²) in [6, 6.07) is 0.495. The highest BCUT2D eigenvalue weighted by Gasteiger charge is 2.28. The Hall–Kier alpha value is -4.00. The van der Waals surface area contributed by atoms with Gasteiger partial charge in [0, 0.05) is 35.6 Å². The van der Waals surface area contributed by atoms with Crippen molar-refractivity contribution in [1.29, 1.82) is 0 Å². The lowest BCUT2D eigenvalue weighted by Crippen LogP contribution is -2.46. The van der Waals surface area contributed by atoms with Gasteiger partial charge in [-0.2, -0.15) is 5.10 Å². The Morgan fingerprint density at radius 1 is 1.25 bits per heavy atom. The largest absolute Gasteiger partial charge is 0.457 e. The number of hydrogen-bond acceptors (Lipinski definition) is 8. The number of anilines is 2. The van der Waals surface area contributed by atoms with Gasteiger partial charge in [0.25, 0.3) is 0 Å². The van der Waals surface area contributed by atoms with Crippen LogP contribution in [0.5, 0.6) is 0 Å². The molecule has 1 atom stereocenters. The first-order valence-corrected chi connectivity index (χ1v) is 10.5. The quantitative estimate of drug-likeness (QED) is 0.427. The lowest BCUT2D eigenvalue weighted by molar-refractivity contribution is 0.0129. The minimum absolute atomic E-state index is 0.191. The smallest absolute Gasteiger partial charge is 0.341 e. The normalized spacial score (nSPS) is 15.8. The topological polar surface area (TPSA) is 168 Å². The minimum atomic E-state index is -0.609. The molecule has 0 radical (unpaired) electrons. The van der Waals surface area contributed by atoms with Gasteiger partial charge in [0.2, 0.25) is 0 Å². The van der Waals surface area contributed by atoms with E-state index in [2.05, 4.69) is 30.8 Å². The van der Waals surface area contributed by atoms with Crippen LogP contribution in [0.15, 0.2) is 37.1 Å². The maximum atomic E-state index is 13.0. The van der Waals surface area contributed by atoms with Crippen LogP contribution in [0.2, 0.25) is 0 Å². The van der Waals surface area contributed by atoms with Crippen molar-refractivity contribution < 1.29 is 19.1 Å². The predicted octanol–water partition coefficient (Wildman–Crippen LogP) is 2.27. The summed E-state index contributed by atoms with van der Waals surface area (Å²) in [5.41, 5.74) is 6.29. The fraction of sp³-hybridized carbons (Fsp3) is 0.263. The number of thiophene rings is 1. The lowest BCUT2D eigenvalue weighted by atomic mass is 10.1. The zero-order valence-electron chi connectivity index (χ0n) is 16.8. The van der Waals surface area contributed by atoms with Crippen LogP contribution in [0.3, 0.4) is 0 Å². The molecule has 3 aromatic heterocycles. The van der Waals surface area contributed by atoms with Gasteiger partial charge in [-0.25, -0.2) is 19.4 Å². The molecule has 0 aromatic carbocycles. The van der Waals surface area contributed by atoms with Gasteiger partial charge in [-0.05, 0) is 18.9 Å². The van der Waals surface area contributed by atoms with Gasteiger partial charge in [-0.15, -0.1) is 11.3 Å². The second-order valence-corrected chi connectivity index (χ2v) is 8.02. The average molecular weight is 456 g/mol. The van der Waals surface area contributed by atoms with E-state index in [0.29, 0.717) is 29.3 Å². The highest BCUT2D eigenvalue weighted by Crippen LogP contribution is 2.36. The average Bonchev–Trinajstić information content (AvgIpc) is 3.44. The Morgan fingerprint density at radius 2 is 2.12 bits per heavy atom. The van der Waals surface area contributed by atoms with E-state index in [1.54, 1.807) is 18.5 Å². The molecule has 0 bridgehead atoms. The first-order chi connectivity index (χ1) is 15.5. The van der Waals surface area contributed by atoms with E-state index in [0.717, 1.165) is 5.56 Å². The molecule has 3 aromatic rings. The molecule has 0 aliphatic carbocycles. The number of carbonyl (C=O) groups is 3. The maximum absolute atomic E-state index is 13.0. The Morgan fingerprint density at radius 3 is 2.84 bits per heavy atom. The zero-order valence-corrected chi connectivity index (χ0v) is 17.6. The Kier molecular flexibility index (Phi) is 6.26. The number of nitrogens with two attached hydrogens (primary N) is 1. The number of H-pyrrole nitrogens is 1. The minimum Gasteiger partial charge on any atom is -0.457 e. The number of aromatic nitrogens is 4. The van der Waals surface area contributed by atoms with E-state index in [1.165, 1.54) is 34.8 Å². The van der Waals surface area contributed by atoms with Gasteiger partial charge in [0.05, 0.1) is 24.5 Å². The van der Waals surface area contributed by atoms with Crippen molar-refractivity contribution >= 4 is 40.2 Å². The number of amides is 4. The fourth-order valence-corrected chi connectivity index (χ4v) is 4.25. The summed E-state index contributed by atoms with van der Waals surface area (Å²) in [5.74, 6) is -0.350. The summed E-state index contributed by atoms with van der Waals surface area (Å²) in [6.45, 7) is 0.761. The molecule has 1 fully saturated rings. The van der Waals surface area contributed by atoms with E-state index < -0.39 is 24.1 Å². The van der Waals surface area contributed by atoms with Crippen LogP contribution < -0.4 is 16.4 Å². The monoisotopic (exact) mass is 456 g/mol. The number of hydrogen-bond donors (Lipinski definition) is 4. The Balaban J connectivity index is 1.52. The summed E-state index contributed by atoms with van der Waals surface area (Å²) < 4.78 is 5.63. The fourth-order valence-electron chi connectivity index (χ4n) is 3.23. The number of aromatic amines is 1. The standard InChI is InChI=1S/C19H20N8O4S/c20-18(29)27-5-1-2-12(10-27)31-17(28)13-6-14(11-7-23-24-8-11)32-16(13)26-19(30)25-15-9-21-3-4-22-15/h3-4,6-9,12H,1-2,5,10H2,(H2,20,29)(H,23,24)(H2,22,25,26,30). The van der Waals surface area contributed by atoms with Crippen molar-refractivity contribution in [3.05, 3.63) is 42.6 Å². The number of carbonyl (C=O) groups excluding carboxylic acids is 3. The molecule has 4 rings (SSSR count). The number of nitrogens with one attached hydrogen (secondary N) is 3. The summed E-state index contributed by atoms with van der Waals surface area (Å²) in [6.07, 6.45) is 8.42. The number of urea groups is 2. The van der Waals surface area contributed by atoms with Crippen molar-refractivity contribution in [3.8, 4) is 10.4 Å². The SMILES string of the molecule is NC(=O)N1CCCC(OC(=O)c2cc(-c3cn[nH]c3)sc2NC(=O)Nc2cnccn2)C1. The van der Waals surface area contributed by atoms with Gasteiger partial charge in [-0.1, -0.05) is 0 Å². The van der Waals surface area contributed by atoms with Crippen LogP contribution in [0.1, 0.15) is 23.2 Å². The maximum Gasteiger partial charge on any atom is 0.341 e. The molecule has 0 spiro atoms. The number of nitrogens with zero attached hydrogens (tertiary/aromatic N) is 4. The van der Waals surface area contributed by atoms with Gasteiger partial charge in [-0.3, -0.25) is 20.7 Å². The molecule has 32 heavy (non-hydrogen) atoms. The van der Waals surface area contributed by atoms with Crippen molar-refractivity contribution in [2.24, 2.45) is 5.73 Å². The van der Waals surface area contributed by atoms with E-state index >= 15 is 0 Å². The third-order valence-electron chi connectivity index (χ3n) is 4.73. The van der Waals surface area contributed by atoms with Gasteiger partial charge in [0.1, 0.15) is 11.1 Å². The number of primary amides is 1. The summed E-state index contributed by atoms with van der Waals surface area (Å²) >= 11 is 1.20. The van der Waals surface area contributed by atoms with Crippen LogP contribution in [0.25, 0.3) is 10.4 Å². The predicted molar refractivity (Wildman–Crippen MR) is 116 cm³/mol. The van der Waals surface area contributed by atoms with Crippen molar-refractivity contribution in [2.45, 2.75) is 18.9 Å². The number of rotatable bonds is 5. The van der Waals surface area contributed by atoms with Gasteiger partial charge >= 0.3 is 18.0 Å². The van der Waals surface area contributed by atoms with Crippen molar-refractivity contribution in [1.82, 2.24) is 25.1 Å². The molecule has 1 unspecified atom stereocenters. The number of piperidine rings is 1. The summed E-state index contributed by atoms with van der Waals surface area (Å²) in [7, 11) is 0. The Bertz CT molecular complexity index is 1100. The van der Waals surface area contributed by atoms with Crippen molar-refractivity contribution in [3.63, 3.8) is 0 Å². The number of esters is 1. The van der Waals surface area contributed by atoms with Gasteiger partial charge < -0.3 is 15.4 Å². The molecule has 166 valence electrons. The molecule has 4 heterocycles. The summed E-state index contributed by atoms with van der Waals surface area (Å²) in [5, 5.41) is 12.2. The highest BCUT2D eigenvalue weighted by molar-refractivity contribution is 7.20. The van der Waals surface area contributed by atoms with Crippen LogP contribution in [-0.4, -0.2) is 62.3 Å². The number of likely N-dealkylation sites (tertiary alicyclic amines) is 1. The summed E-state index contributed by atoms with van der Waals surface area (Å²) in [4.78, 5) is 46.9. The van der Waals surface area contributed by atoms with Crippen LogP contribution in [0.4, 0.5) is 20.4 Å². The van der Waals surface area contributed by atoms with E-state index in [9.17, 15) is 14.4 Å². The lowest BCUT2D eigenvalue weighted by Gasteiger charge is -2.31. The second-order valence-electron chi connectivity index (χ2n) is 6.96. The molecule has 1 saturated heterocycles. The van der Waals surface area contributed by atoms with E-state index in [1.807, 2.05) is 0 Å². The third kappa shape index (κ3) is 5.00. The highest BCUT2D eigenvalue weighted by atomic mass is 32.1. The van der Waals surface area contributed by atoms with Gasteiger partial charge in [0.15, 0.2) is 5.82 Å². The number of ether oxygens (including phenoxy) is 1. The van der Waals surface area contributed by atoms with Crippen LogP contribution >= 0.6 is 11.3 Å². The van der Waals surface area contributed by atoms with Crippen LogP contribution in [-0.2, 0) is 4.74 Å².